The number of allylic oxidation sites excluding steroid dienone is 1. The van der Waals surface area contributed by atoms with E-state index in [0.29, 0.717) is 55.8 Å². The number of thiazole rings is 1. The molecule has 1 aliphatic rings. The molecular weight excluding hydrogens is 498 g/mol. The first-order valence-electron chi connectivity index (χ1n) is 11.6. The lowest BCUT2D eigenvalue weighted by atomic mass is 9.94. The van der Waals surface area contributed by atoms with Gasteiger partial charge in [0.2, 0.25) is 0 Å². The van der Waals surface area contributed by atoms with Crippen LogP contribution in [0.1, 0.15) is 37.9 Å². The number of hydrogen-bond donors (Lipinski definition) is 0. The monoisotopic (exact) mass is 525 g/mol. The Morgan fingerprint density at radius 2 is 1.83 bits per heavy atom. The number of likely N-dealkylation sites (N-methyl/N-ethyl adjacent to an activating group) is 1. The molecule has 1 atom stereocenters. The third-order valence-electron chi connectivity index (χ3n) is 6.21. The van der Waals surface area contributed by atoms with E-state index in [4.69, 9.17) is 26.1 Å². The summed E-state index contributed by atoms with van der Waals surface area (Å²) in [5, 5.41) is 0.577. The molecule has 2 heterocycles. The van der Waals surface area contributed by atoms with Gasteiger partial charge in [0.05, 0.1) is 36.1 Å². The third kappa shape index (κ3) is 4.58. The number of rotatable bonds is 7. The summed E-state index contributed by atoms with van der Waals surface area (Å²) in [5.74, 6) is 0.972. The van der Waals surface area contributed by atoms with Crippen LogP contribution in [0, 0.1) is 0 Å². The minimum atomic E-state index is -0.624. The SMILES string of the molecule is CCN(CC)C(=O)C1=C(C)N=c2s/c(=C/c3cccc(OC)c3OC)c(=O)n2[C@@H]1c1ccc(Cl)cc1. The second-order valence-corrected chi connectivity index (χ2v) is 9.64. The standard InChI is InChI=1S/C27H28ClN3O4S/c1-6-30(7-2)26(33)22-16(3)29-27-31(23(22)17-11-13-19(28)14-12-17)25(32)21(36-27)15-18-9-8-10-20(34-4)24(18)35-5/h8-15,23H,6-7H2,1-5H3/b21-15+/t23-/m1/s1. The molecule has 1 amide bonds. The Labute approximate surface area is 218 Å². The van der Waals surface area contributed by atoms with Gasteiger partial charge < -0.3 is 14.4 Å². The average Bonchev–Trinajstić information content (AvgIpc) is 3.18. The zero-order chi connectivity index (χ0) is 26.0. The highest BCUT2D eigenvalue weighted by Gasteiger charge is 2.34. The number of hydrogen-bond acceptors (Lipinski definition) is 6. The second kappa shape index (κ2) is 10.7. The van der Waals surface area contributed by atoms with E-state index in [1.807, 2.05) is 45.0 Å². The maximum absolute atomic E-state index is 13.8. The van der Waals surface area contributed by atoms with Crippen molar-refractivity contribution in [3.63, 3.8) is 0 Å². The fourth-order valence-electron chi connectivity index (χ4n) is 4.40. The van der Waals surface area contributed by atoms with Gasteiger partial charge in [0.15, 0.2) is 16.3 Å². The van der Waals surface area contributed by atoms with Crippen LogP contribution in [0.25, 0.3) is 6.08 Å². The molecule has 1 aliphatic heterocycles. The topological polar surface area (TPSA) is 73.1 Å². The number of methoxy groups -OCH3 is 2. The number of amides is 1. The summed E-state index contributed by atoms with van der Waals surface area (Å²) in [5.41, 5.74) is 2.34. The molecule has 7 nitrogen and oxygen atoms in total. The maximum atomic E-state index is 13.8. The van der Waals surface area contributed by atoms with Crippen LogP contribution < -0.4 is 24.4 Å². The number of halogens is 1. The summed E-state index contributed by atoms with van der Waals surface area (Å²) in [6.45, 7) is 6.80. The summed E-state index contributed by atoms with van der Waals surface area (Å²) < 4.78 is 13.0. The van der Waals surface area contributed by atoms with Crippen LogP contribution in [0.5, 0.6) is 11.5 Å². The number of ether oxygens (including phenoxy) is 2. The van der Waals surface area contributed by atoms with Crippen LogP contribution in [0.3, 0.4) is 0 Å². The molecule has 4 rings (SSSR count). The van der Waals surface area contributed by atoms with Gasteiger partial charge in [-0.05, 0) is 50.6 Å². The maximum Gasteiger partial charge on any atom is 0.271 e. The van der Waals surface area contributed by atoms with Crippen LogP contribution in [-0.4, -0.2) is 42.7 Å². The number of nitrogens with zero attached hydrogens (tertiary/aromatic N) is 3. The molecule has 0 radical (unpaired) electrons. The van der Waals surface area contributed by atoms with Gasteiger partial charge in [0, 0.05) is 23.7 Å². The molecule has 0 aliphatic carbocycles. The van der Waals surface area contributed by atoms with Gasteiger partial charge >= 0.3 is 0 Å². The highest BCUT2D eigenvalue weighted by Crippen LogP contribution is 2.33. The van der Waals surface area contributed by atoms with Gasteiger partial charge in [-0.2, -0.15) is 0 Å². The van der Waals surface area contributed by atoms with E-state index in [2.05, 4.69) is 0 Å². The molecule has 0 bridgehead atoms. The van der Waals surface area contributed by atoms with E-state index in [1.54, 1.807) is 48.0 Å². The zero-order valence-corrected chi connectivity index (χ0v) is 22.4. The molecular formula is C27H28ClN3O4S. The molecule has 0 spiro atoms. The normalized spacial score (nSPS) is 15.4. The summed E-state index contributed by atoms with van der Waals surface area (Å²) in [4.78, 5) is 34.4. The molecule has 9 heteroatoms. The van der Waals surface area contributed by atoms with E-state index in [-0.39, 0.29) is 11.5 Å². The largest absolute Gasteiger partial charge is 0.493 e. The van der Waals surface area contributed by atoms with Gasteiger partial charge in [-0.1, -0.05) is 47.2 Å². The number of carbonyl (C=O) groups excluding carboxylic acids is 1. The first-order valence-corrected chi connectivity index (χ1v) is 12.8. The predicted octanol–water partition coefficient (Wildman–Crippen LogP) is 3.77. The number of carbonyl (C=O) groups is 1. The van der Waals surface area contributed by atoms with E-state index >= 15 is 0 Å². The quantitative estimate of drug-likeness (QED) is 0.470. The fourth-order valence-corrected chi connectivity index (χ4v) is 5.57. The lowest BCUT2D eigenvalue weighted by molar-refractivity contribution is -0.127. The minimum absolute atomic E-state index is 0.134. The lowest BCUT2D eigenvalue weighted by Crippen LogP contribution is -2.43. The average molecular weight is 526 g/mol. The van der Waals surface area contributed by atoms with Crippen LogP contribution in [0.4, 0.5) is 0 Å². The van der Waals surface area contributed by atoms with Crippen molar-refractivity contribution in [3.8, 4) is 11.5 Å². The minimum Gasteiger partial charge on any atom is -0.493 e. The third-order valence-corrected chi connectivity index (χ3v) is 7.44. The van der Waals surface area contributed by atoms with Crippen LogP contribution in [0.2, 0.25) is 5.02 Å². The van der Waals surface area contributed by atoms with Gasteiger partial charge in [0.1, 0.15) is 0 Å². The van der Waals surface area contributed by atoms with Crippen molar-refractivity contribution >= 4 is 34.9 Å². The van der Waals surface area contributed by atoms with Crippen molar-refractivity contribution < 1.29 is 14.3 Å². The molecule has 0 unspecified atom stereocenters. The first-order chi connectivity index (χ1) is 17.3. The molecule has 3 aromatic rings. The Balaban J connectivity index is 1.97. The van der Waals surface area contributed by atoms with Crippen molar-refractivity contribution in [1.29, 1.82) is 0 Å². The van der Waals surface area contributed by atoms with Crippen molar-refractivity contribution in [3.05, 3.63) is 89.6 Å². The van der Waals surface area contributed by atoms with E-state index < -0.39 is 6.04 Å². The Kier molecular flexibility index (Phi) is 7.66. The fraction of sp³-hybridized carbons (Fsp3) is 0.296. The molecule has 2 aromatic carbocycles. The zero-order valence-electron chi connectivity index (χ0n) is 20.9. The second-order valence-electron chi connectivity index (χ2n) is 8.19. The number of para-hydroxylation sites is 1. The Bertz CT molecular complexity index is 1500. The molecule has 1 aromatic heterocycles. The van der Waals surface area contributed by atoms with Gasteiger partial charge in [-0.15, -0.1) is 0 Å². The predicted molar refractivity (Wildman–Crippen MR) is 143 cm³/mol. The Hall–Kier alpha value is -3.36. The van der Waals surface area contributed by atoms with Gasteiger partial charge in [-0.3, -0.25) is 14.2 Å². The van der Waals surface area contributed by atoms with Gasteiger partial charge in [-0.25, -0.2) is 4.99 Å². The summed E-state index contributed by atoms with van der Waals surface area (Å²) in [6, 6.07) is 12.1. The van der Waals surface area contributed by atoms with E-state index in [1.165, 1.54) is 11.3 Å². The Morgan fingerprint density at radius 3 is 2.44 bits per heavy atom. The van der Waals surface area contributed by atoms with Crippen LogP contribution >= 0.6 is 22.9 Å². The van der Waals surface area contributed by atoms with Gasteiger partial charge in [0.25, 0.3) is 11.5 Å². The molecule has 0 fully saturated rings. The number of fused-ring (bicyclic) bond motifs is 1. The van der Waals surface area contributed by atoms with Crippen molar-refractivity contribution in [2.45, 2.75) is 26.8 Å². The van der Waals surface area contributed by atoms with Crippen LogP contribution in [-0.2, 0) is 4.79 Å². The molecule has 188 valence electrons. The summed E-state index contributed by atoms with van der Waals surface area (Å²) >= 11 is 7.43. The molecule has 36 heavy (non-hydrogen) atoms. The van der Waals surface area contributed by atoms with E-state index in [0.717, 1.165) is 5.56 Å². The van der Waals surface area contributed by atoms with Crippen molar-refractivity contribution in [2.24, 2.45) is 4.99 Å². The smallest absolute Gasteiger partial charge is 0.271 e. The summed E-state index contributed by atoms with van der Waals surface area (Å²) in [7, 11) is 3.13. The molecule has 0 saturated carbocycles. The highest BCUT2D eigenvalue weighted by molar-refractivity contribution is 7.07. The highest BCUT2D eigenvalue weighted by atomic mass is 35.5. The molecule has 0 saturated heterocycles. The van der Waals surface area contributed by atoms with Crippen LogP contribution in [0.15, 0.2) is 63.5 Å². The Morgan fingerprint density at radius 1 is 1.14 bits per heavy atom. The first kappa shape index (κ1) is 25.7. The number of aromatic nitrogens is 1. The summed E-state index contributed by atoms with van der Waals surface area (Å²) in [6.07, 6.45) is 1.77. The lowest BCUT2D eigenvalue weighted by Gasteiger charge is -2.29. The van der Waals surface area contributed by atoms with Crippen molar-refractivity contribution in [2.75, 3.05) is 27.3 Å². The van der Waals surface area contributed by atoms with Crippen molar-refractivity contribution in [1.82, 2.24) is 9.47 Å². The van der Waals surface area contributed by atoms with E-state index in [9.17, 15) is 9.59 Å². The number of benzene rings is 2. The molecule has 0 N–H and O–H groups in total.